The van der Waals surface area contributed by atoms with Crippen LogP contribution < -0.4 is 15.8 Å². The molecule has 126 valence electrons. The van der Waals surface area contributed by atoms with Crippen LogP contribution in [0.1, 0.15) is 25.8 Å². The Hall–Kier alpha value is -1.11. The standard InChI is InChI=1S/C14H19ClF2N2O2.ClH/c1-3-8(2)12(18)13(20)19-7-9-6-10(15)4-5-11(9)21-14(16)17;/h4-6,8,12,14H,3,7,18H2,1-2H3,(H,19,20);1H. The van der Waals surface area contributed by atoms with E-state index in [0.717, 1.165) is 6.42 Å². The molecule has 0 bridgehead atoms. The number of hydrogen-bond acceptors (Lipinski definition) is 3. The predicted molar refractivity (Wildman–Crippen MR) is 84.6 cm³/mol. The summed E-state index contributed by atoms with van der Waals surface area (Å²) >= 11 is 5.82. The molecule has 8 heteroatoms. The molecule has 0 heterocycles. The van der Waals surface area contributed by atoms with Crippen LogP contribution in [-0.2, 0) is 11.3 Å². The lowest BCUT2D eigenvalue weighted by molar-refractivity contribution is -0.123. The van der Waals surface area contributed by atoms with Crippen LogP contribution >= 0.6 is 24.0 Å². The summed E-state index contributed by atoms with van der Waals surface area (Å²) in [7, 11) is 0. The average Bonchev–Trinajstić information content (AvgIpc) is 2.44. The van der Waals surface area contributed by atoms with Crippen molar-refractivity contribution in [3.05, 3.63) is 28.8 Å². The highest BCUT2D eigenvalue weighted by Gasteiger charge is 2.19. The summed E-state index contributed by atoms with van der Waals surface area (Å²) in [5.74, 6) is -0.333. The van der Waals surface area contributed by atoms with Crippen molar-refractivity contribution in [1.29, 1.82) is 0 Å². The van der Waals surface area contributed by atoms with E-state index in [-0.39, 0.29) is 36.5 Å². The Labute approximate surface area is 139 Å². The van der Waals surface area contributed by atoms with Gasteiger partial charge in [0.1, 0.15) is 5.75 Å². The summed E-state index contributed by atoms with van der Waals surface area (Å²) in [6, 6.07) is 3.60. The molecule has 0 aliphatic carbocycles. The molecule has 3 N–H and O–H groups in total. The molecule has 1 aromatic rings. The minimum atomic E-state index is -2.94. The number of carbonyl (C=O) groups excluding carboxylic acids is 1. The zero-order valence-corrected chi connectivity index (χ0v) is 13.9. The monoisotopic (exact) mass is 356 g/mol. The van der Waals surface area contributed by atoms with E-state index in [1.807, 2.05) is 13.8 Å². The van der Waals surface area contributed by atoms with Gasteiger partial charge in [0.15, 0.2) is 0 Å². The summed E-state index contributed by atoms with van der Waals surface area (Å²) in [5, 5.41) is 2.98. The summed E-state index contributed by atoms with van der Waals surface area (Å²) in [4.78, 5) is 11.9. The Morgan fingerprint density at radius 2 is 2.09 bits per heavy atom. The van der Waals surface area contributed by atoms with Gasteiger partial charge in [0.25, 0.3) is 0 Å². The molecule has 0 saturated carbocycles. The van der Waals surface area contributed by atoms with Crippen molar-refractivity contribution in [2.45, 2.75) is 39.5 Å². The van der Waals surface area contributed by atoms with Gasteiger partial charge in [-0.3, -0.25) is 4.79 Å². The first-order chi connectivity index (χ1) is 9.85. The van der Waals surface area contributed by atoms with Crippen molar-refractivity contribution >= 4 is 29.9 Å². The molecule has 0 aliphatic rings. The molecule has 22 heavy (non-hydrogen) atoms. The van der Waals surface area contributed by atoms with Gasteiger partial charge in [-0.2, -0.15) is 8.78 Å². The fourth-order valence-electron chi connectivity index (χ4n) is 1.71. The lowest BCUT2D eigenvalue weighted by Gasteiger charge is -2.18. The maximum absolute atomic E-state index is 12.3. The van der Waals surface area contributed by atoms with Gasteiger partial charge in [-0.15, -0.1) is 12.4 Å². The minimum absolute atomic E-state index is 0. The summed E-state index contributed by atoms with van der Waals surface area (Å²) in [5.41, 5.74) is 6.16. The van der Waals surface area contributed by atoms with Crippen molar-refractivity contribution in [2.24, 2.45) is 11.7 Å². The smallest absolute Gasteiger partial charge is 0.387 e. The Morgan fingerprint density at radius 1 is 1.45 bits per heavy atom. The van der Waals surface area contributed by atoms with E-state index in [9.17, 15) is 13.6 Å². The van der Waals surface area contributed by atoms with Crippen LogP contribution in [0.3, 0.4) is 0 Å². The Balaban J connectivity index is 0.00000441. The van der Waals surface area contributed by atoms with Gasteiger partial charge in [0.2, 0.25) is 5.91 Å². The number of hydrogen-bond donors (Lipinski definition) is 2. The van der Waals surface area contributed by atoms with Gasteiger partial charge in [-0.05, 0) is 24.1 Å². The molecule has 0 spiro atoms. The highest BCUT2D eigenvalue weighted by atomic mass is 35.5. The van der Waals surface area contributed by atoms with Crippen molar-refractivity contribution in [1.82, 2.24) is 5.32 Å². The molecular weight excluding hydrogens is 337 g/mol. The summed E-state index contributed by atoms with van der Waals surface area (Å²) in [6.45, 7) is 0.882. The second-order valence-electron chi connectivity index (χ2n) is 4.76. The molecule has 1 aromatic carbocycles. The number of nitrogens with one attached hydrogen (secondary N) is 1. The van der Waals surface area contributed by atoms with E-state index < -0.39 is 12.7 Å². The van der Waals surface area contributed by atoms with E-state index in [1.165, 1.54) is 18.2 Å². The van der Waals surface area contributed by atoms with Crippen molar-refractivity contribution in [2.75, 3.05) is 0 Å². The Morgan fingerprint density at radius 3 is 2.64 bits per heavy atom. The van der Waals surface area contributed by atoms with Gasteiger partial charge >= 0.3 is 6.61 Å². The lowest BCUT2D eigenvalue weighted by atomic mass is 9.99. The number of halogens is 4. The largest absolute Gasteiger partial charge is 0.434 e. The normalized spacial score (nSPS) is 13.2. The third kappa shape index (κ3) is 6.34. The molecule has 1 rings (SSSR count). The number of amides is 1. The van der Waals surface area contributed by atoms with Gasteiger partial charge < -0.3 is 15.8 Å². The van der Waals surface area contributed by atoms with E-state index >= 15 is 0 Å². The van der Waals surface area contributed by atoms with Crippen molar-refractivity contribution in [3.63, 3.8) is 0 Å². The van der Waals surface area contributed by atoms with Gasteiger partial charge in [-0.1, -0.05) is 31.9 Å². The number of nitrogens with two attached hydrogens (primary N) is 1. The van der Waals surface area contributed by atoms with Crippen LogP contribution in [0, 0.1) is 5.92 Å². The zero-order valence-electron chi connectivity index (χ0n) is 12.3. The second kappa shape index (κ2) is 9.82. The Bertz CT molecular complexity index is 490. The van der Waals surface area contributed by atoms with Crippen LogP contribution in [0.15, 0.2) is 18.2 Å². The highest BCUT2D eigenvalue weighted by molar-refractivity contribution is 6.30. The SMILES string of the molecule is CCC(C)C(N)C(=O)NCc1cc(Cl)ccc1OC(F)F.Cl. The molecule has 4 nitrogen and oxygen atoms in total. The molecule has 2 atom stereocenters. The fraction of sp³-hybridized carbons (Fsp3) is 0.500. The number of alkyl halides is 2. The van der Waals surface area contributed by atoms with E-state index in [0.29, 0.717) is 10.6 Å². The molecule has 0 saturated heterocycles. The topological polar surface area (TPSA) is 64.4 Å². The predicted octanol–water partition coefficient (Wildman–Crippen LogP) is 3.35. The Kier molecular flexibility index (Phi) is 9.32. The van der Waals surface area contributed by atoms with Gasteiger partial charge in [0, 0.05) is 17.1 Å². The number of benzene rings is 1. The van der Waals surface area contributed by atoms with Crippen LogP contribution in [0.2, 0.25) is 5.02 Å². The number of ether oxygens (including phenoxy) is 1. The van der Waals surface area contributed by atoms with Crippen LogP contribution in [0.4, 0.5) is 8.78 Å². The second-order valence-corrected chi connectivity index (χ2v) is 5.20. The first-order valence-corrected chi connectivity index (χ1v) is 6.99. The van der Waals surface area contributed by atoms with E-state index in [2.05, 4.69) is 10.1 Å². The maximum Gasteiger partial charge on any atom is 0.387 e. The van der Waals surface area contributed by atoms with Gasteiger partial charge in [0.05, 0.1) is 6.04 Å². The third-order valence-electron chi connectivity index (χ3n) is 3.25. The molecule has 0 radical (unpaired) electrons. The van der Waals surface area contributed by atoms with Crippen LogP contribution in [0.5, 0.6) is 5.75 Å². The first kappa shape index (κ1) is 20.9. The van der Waals surface area contributed by atoms with Crippen LogP contribution in [0.25, 0.3) is 0 Å². The molecule has 0 fully saturated rings. The van der Waals surface area contributed by atoms with Crippen LogP contribution in [-0.4, -0.2) is 18.6 Å². The molecule has 1 amide bonds. The quantitative estimate of drug-likeness (QED) is 0.787. The van der Waals surface area contributed by atoms with E-state index in [1.54, 1.807) is 0 Å². The third-order valence-corrected chi connectivity index (χ3v) is 3.49. The molecule has 0 aromatic heterocycles. The molecular formula is C14H20Cl2F2N2O2. The molecule has 2 unspecified atom stereocenters. The number of carbonyl (C=O) groups is 1. The lowest BCUT2D eigenvalue weighted by Crippen LogP contribution is -2.44. The fourth-order valence-corrected chi connectivity index (χ4v) is 1.90. The zero-order chi connectivity index (χ0) is 16.0. The summed E-state index contributed by atoms with van der Waals surface area (Å²) < 4.78 is 29.0. The highest BCUT2D eigenvalue weighted by Crippen LogP contribution is 2.24. The van der Waals surface area contributed by atoms with E-state index in [4.69, 9.17) is 17.3 Å². The first-order valence-electron chi connectivity index (χ1n) is 6.61. The maximum atomic E-state index is 12.3. The summed E-state index contributed by atoms with van der Waals surface area (Å²) in [6.07, 6.45) is 0.769. The average molecular weight is 357 g/mol. The van der Waals surface area contributed by atoms with Crippen molar-refractivity contribution < 1.29 is 18.3 Å². The minimum Gasteiger partial charge on any atom is -0.434 e. The molecule has 0 aliphatic heterocycles. The van der Waals surface area contributed by atoms with Crippen molar-refractivity contribution in [3.8, 4) is 5.75 Å². The van der Waals surface area contributed by atoms with Gasteiger partial charge in [-0.25, -0.2) is 0 Å². The number of rotatable bonds is 7.